The molecule has 1 aliphatic heterocycles. The average Bonchev–Trinajstić information content (AvgIpc) is 3.75. The van der Waals surface area contributed by atoms with E-state index in [9.17, 15) is 23.1 Å². The van der Waals surface area contributed by atoms with Gasteiger partial charge in [-0.1, -0.05) is 6.07 Å². The zero-order chi connectivity index (χ0) is 34.1. The number of carboxylic acid groups (broad SMARTS) is 1. The molecule has 0 spiro atoms. The Morgan fingerprint density at radius 1 is 1.04 bits per heavy atom. The molecule has 4 aromatic rings. The molecular weight excluding hydrogens is 679 g/mol. The zero-order valence-corrected chi connectivity index (χ0v) is 28.1. The number of benzene rings is 1. The van der Waals surface area contributed by atoms with Gasteiger partial charge in [0.15, 0.2) is 11.1 Å². The molecule has 1 saturated heterocycles. The van der Waals surface area contributed by atoms with Gasteiger partial charge < -0.3 is 37.0 Å². The fraction of sp³-hybridized carbons (Fsp3) is 0.310. The van der Waals surface area contributed by atoms with E-state index in [1.165, 1.54) is 18.2 Å². The summed E-state index contributed by atoms with van der Waals surface area (Å²) in [7, 11) is -4.10. The minimum atomic E-state index is -4.10. The molecule has 48 heavy (non-hydrogen) atoms. The number of rotatable bonds is 15. The summed E-state index contributed by atoms with van der Waals surface area (Å²) in [6.07, 6.45) is 3.86. The van der Waals surface area contributed by atoms with Crippen LogP contribution in [0.1, 0.15) is 28.2 Å². The topological polar surface area (TPSA) is 234 Å². The number of thiophene rings is 1. The van der Waals surface area contributed by atoms with E-state index in [0.717, 1.165) is 54.3 Å². The third-order valence-corrected chi connectivity index (χ3v) is 10.4. The highest BCUT2D eigenvalue weighted by atomic mass is 32.2. The summed E-state index contributed by atoms with van der Waals surface area (Å²) in [5.41, 5.74) is 12.0. The van der Waals surface area contributed by atoms with Gasteiger partial charge in [0.1, 0.15) is 10.9 Å². The number of nitrogens with zero attached hydrogens (tertiary/aromatic N) is 6. The molecule has 1 aliphatic rings. The predicted molar refractivity (Wildman–Crippen MR) is 186 cm³/mol. The molecule has 1 fully saturated rings. The molecule has 5 rings (SSSR count). The van der Waals surface area contributed by atoms with Crippen LogP contribution < -0.4 is 36.6 Å². The quantitative estimate of drug-likeness (QED) is 0.0588. The first kappa shape index (κ1) is 34.3. The lowest BCUT2D eigenvalue weighted by molar-refractivity contribution is -0.139. The summed E-state index contributed by atoms with van der Waals surface area (Å²) in [5, 5.41) is 19.7. The number of carbonyl (C=O) groups excluding carboxylic acids is 1. The van der Waals surface area contributed by atoms with E-state index in [1.807, 2.05) is 5.38 Å². The molecule has 0 unspecified atom stereocenters. The van der Waals surface area contributed by atoms with Crippen LogP contribution in [0, 0.1) is 0 Å². The van der Waals surface area contributed by atoms with E-state index in [1.54, 1.807) is 47.3 Å². The number of nitrogens with two attached hydrogens (primary N) is 2. The summed E-state index contributed by atoms with van der Waals surface area (Å²) in [6, 6.07) is 8.32. The van der Waals surface area contributed by atoms with Crippen molar-refractivity contribution >= 4 is 73.0 Å². The highest BCUT2D eigenvalue weighted by Gasteiger charge is 2.25. The number of thiazole rings is 1. The number of nitrogens with one attached hydrogen (secondary N) is 3. The summed E-state index contributed by atoms with van der Waals surface area (Å²) >= 11 is 2.54. The Hall–Kier alpha value is -5.01. The van der Waals surface area contributed by atoms with Gasteiger partial charge in [0, 0.05) is 56.2 Å². The van der Waals surface area contributed by atoms with Crippen molar-refractivity contribution in [1.29, 1.82) is 0 Å². The van der Waals surface area contributed by atoms with Gasteiger partial charge in [0.25, 0.3) is 15.9 Å². The number of sulfonamides is 1. The highest BCUT2D eigenvalue weighted by molar-refractivity contribution is 7.92. The van der Waals surface area contributed by atoms with E-state index in [0.29, 0.717) is 18.7 Å². The number of carboxylic acids is 1. The Morgan fingerprint density at radius 2 is 1.79 bits per heavy atom. The van der Waals surface area contributed by atoms with Gasteiger partial charge in [-0.15, -0.1) is 22.7 Å². The first-order valence-electron chi connectivity index (χ1n) is 14.8. The maximum Gasteiger partial charge on any atom is 0.326 e. The van der Waals surface area contributed by atoms with E-state index < -0.39 is 27.9 Å². The normalized spacial score (nSPS) is 13.8. The van der Waals surface area contributed by atoms with Crippen molar-refractivity contribution in [3.63, 3.8) is 0 Å². The molecule has 0 aliphatic carbocycles. The van der Waals surface area contributed by atoms with Gasteiger partial charge in [-0.05, 0) is 48.6 Å². The number of aliphatic carboxylic acids is 1. The third kappa shape index (κ3) is 9.07. The number of hydrogen-bond acceptors (Lipinski definition) is 13. The molecule has 0 radical (unpaired) electrons. The van der Waals surface area contributed by atoms with Crippen molar-refractivity contribution < 1.29 is 23.1 Å². The maximum absolute atomic E-state index is 13.3. The summed E-state index contributed by atoms with van der Waals surface area (Å²) < 4.78 is 29.1. The molecule has 1 amide bonds. The number of aromatic nitrogens is 3. The van der Waals surface area contributed by atoms with Crippen LogP contribution in [0.2, 0.25) is 0 Å². The lowest BCUT2D eigenvalue weighted by Gasteiger charge is -2.34. The second-order valence-corrected chi connectivity index (χ2v) is 14.0. The molecule has 19 heteroatoms. The average molecular weight is 714 g/mol. The van der Waals surface area contributed by atoms with Crippen molar-refractivity contribution in [3.05, 3.63) is 70.1 Å². The molecule has 8 N–H and O–H groups in total. The Kier molecular flexibility index (Phi) is 11.2. The molecule has 1 atom stereocenters. The van der Waals surface area contributed by atoms with Gasteiger partial charge in [0.05, 0.1) is 22.8 Å². The van der Waals surface area contributed by atoms with Crippen LogP contribution in [0.4, 0.5) is 22.5 Å². The lowest BCUT2D eigenvalue weighted by atomic mass is 10.1. The summed E-state index contributed by atoms with van der Waals surface area (Å²) in [6.45, 7) is 3.74. The standard InChI is InChI=1S/C29H35N11O5S3/c30-27(31)32-8-2-6-23(26(42)43)37-25(41)24-22(7-15-46-24)38-48(44,45)21-5-1-4-19(16-21)35-17-20-18-47-29(36-20)40-13-11-39(12-14-40)28-33-9-3-10-34-28/h1,3-5,7,9-10,15-16,18,23,35,38H,2,6,8,11-14,17H2,(H,37,41)(H,42,43)(H4,30,31,32)/t23-/m0/s1. The minimum Gasteiger partial charge on any atom is -0.480 e. The predicted octanol–water partition coefficient (Wildman–Crippen LogP) is 1.97. The molecule has 16 nitrogen and oxygen atoms in total. The van der Waals surface area contributed by atoms with E-state index in [-0.39, 0.29) is 34.4 Å². The SMILES string of the molecule is NC(N)=NCCC[C@H](NC(=O)c1sccc1NS(=O)(=O)c1cccc(NCc2csc(N3CCN(c4ncccn4)CC3)n2)c1)C(=O)O. The molecule has 3 aromatic heterocycles. The summed E-state index contributed by atoms with van der Waals surface area (Å²) in [4.78, 5) is 46.3. The fourth-order valence-corrected chi connectivity index (χ4v) is 7.61. The zero-order valence-electron chi connectivity index (χ0n) is 25.7. The molecule has 4 heterocycles. The van der Waals surface area contributed by atoms with Crippen LogP contribution in [0.25, 0.3) is 0 Å². The first-order chi connectivity index (χ1) is 23.1. The van der Waals surface area contributed by atoms with Gasteiger partial charge in [-0.3, -0.25) is 14.5 Å². The van der Waals surface area contributed by atoms with E-state index in [2.05, 4.69) is 40.1 Å². The lowest BCUT2D eigenvalue weighted by Crippen LogP contribution is -2.47. The monoisotopic (exact) mass is 713 g/mol. The number of hydrogen-bond donors (Lipinski definition) is 6. The highest BCUT2D eigenvalue weighted by Crippen LogP contribution is 2.27. The van der Waals surface area contributed by atoms with E-state index >= 15 is 0 Å². The van der Waals surface area contributed by atoms with Crippen molar-refractivity contribution in [2.75, 3.05) is 52.6 Å². The van der Waals surface area contributed by atoms with Gasteiger partial charge in [-0.25, -0.2) is 28.2 Å². The molecule has 254 valence electrons. The Morgan fingerprint density at radius 3 is 2.52 bits per heavy atom. The number of amides is 1. The van der Waals surface area contributed by atoms with Crippen molar-refractivity contribution in [1.82, 2.24) is 20.3 Å². The van der Waals surface area contributed by atoms with Gasteiger partial charge in [0.2, 0.25) is 5.95 Å². The fourth-order valence-electron chi connectivity index (χ4n) is 4.79. The van der Waals surface area contributed by atoms with Crippen LogP contribution in [0.3, 0.4) is 0 Å². The second-order valence-electron chi connectivity index (χ2n) is 10.6. The van der Waals surface area contributed by atoms with Crippen molar-refractivity contribution in [2.45, 2.75) is 30.3 Å². The number of aliphatic imine (C=N–C) groups is 1. The van der Waals surface area contributed by atoms with Gasteiger partial charge >= 0.3 is 5.97 Å². The first-order valence-corrected chi connectivity index (χ1v) is 18.1. The summed E-state index contributed by atoms with van der Waals surface area (Å²) in [5.74, 6) is -1.35. The van der Waals surface area contributed by atoms with Crippen LogP contribution in [0.15, 0.2) is 69.4 Å². The van der Waals surface area contributed by atoms with Crippen LogP contribution in [0.5, 0.6) is 0 Å². The van der Waals surface area contributed by atoms with Crippen LogP contribution in [-0.4, -0.2) is 85.1 Å². The van der Waals surface area contributed by atoms with Crippen LogP contribution in [-0.2, 0) is 21.4 Å². The second kappa shape index (κ2) is 15.7. The van der Waals surface area contributed by atoms with Crippen LogP contribution >= 0.6 is 22.7 Å². The number of carbonyl (C=O) groups is 2. The maximum atomic E-state index is 13.3. The Bertz CT molecular complexity index is 1840. The number of piperazine rings is 1. The molecule has 0 bridgehead atoms. The van der Waals surface area contributed by atoms with E-state index in [4.69, 9.17) is 16.5 Å². The largest absolute Gasteiger partial charge is 0.480 e. The minimum absolute atomic E-state index is 0.0209. The van der Waals surface area contributed by atoms with Crippen molar-refractivity contribution in [3.8, 4) is 0 Å². The number of guanidine groups is 1. The Balaban J connectivity index is 1.16. The third-order valence-electron chi connectivity index (χ3n) is 7.21. The molecule has 1 aromatic carbocycles. The molecular formula is C29H35N11O5S3. The van der Waals surface area contributed by atoms with Gasteiger partial charge in [-0.2, -0.15) is 0 Å². The van der Waals surface area contributed by atoms with Crippen molar-refractivity contribution in [2.24, 2.45) is 16.5 Å². The molecule has 0 saturated carbocycles. The Labute approximate surface area is 285 Å². The smallest absolute Gasteiger partial charge is 0.326 e. The number of anilines is 4.